The van der Waals surface area contributed by atoms with Gasteiger partial charge in [0.1, 0.15) is 5.82 Å². The first-order valence-corrected chi connectivity index (χ1v) is 9.17. The minimum absolute atomic E-state index is 0.0196. The fraction of sp³-hybridized carbons (Fsp3) is 0.474. The molecule has 2 aromatic rings. The van der Waals surface area contributed by atoms with Crippen molar-refractivity contribution in [3.8, 4) is 0 Å². The fourth-order valence-corrected chi connectivity index (χ4v) is 4.08. The summed E-state index contributed by atoms with van der Waals surface area (Å²) in [6, 6.07) is 2.88. The highest BCUT2D eigenvalue weighted by Crippen LogP contribution is 2.30. The molecule has 2 amide bonds. The van der Waals surface area contributed by atoms with E-state index in [0.717, 1.165) is 43.4 Å². The third-order valence-electron chi connectivity index (χ3n) is 5.37. The molecule has 7 heteroatoms. The molecule has 0 unspecified atom stereocenters. The van der Waals surface area contributed by atoms with Gasteiger partial charge in [-0.05, 0) is 37.0 Å². The number of amides is 2. The van der Waals surface area contributed by atoms with Gasteiger partial charge in [0.2, 0.25) is 0 Å². The van der Waals surface area contributed by atoms with Crippen LogP contribution in [0, 0.1) is 5.82 Å². The van der Waals surface area contributed by atoms with Gasteiger partial charge in [-0.25, -0.2) is 9.18 Å². The number of nitrogens with zero attached hydrogens (tertiary/aromatic N) is 3. The van der Waals surface area contributed by atoms with Gasteiger partial charge in [0.25, 0.3) is 0 Å². The molecule has 3 heterocycles. The van der Waals surface area contributed by atoms with Gasteiger partial charge in [-0.15, -0.1) is 0 Å². The van der Waals surface area contributed by atoms with Crippen LogP contribution in [0.2, 0.25) is 0 Å². The van der Waals surface area contributed by atoms with Gasteiger partial charge in [0.05, 0.1) is 12.1 Å². The fourth-order valence-electron chi connectivity index (χ4n) is 4.08. The average Bonchev–Trinajstić information content (AvgIpc) is 2.92. The number of likely N-dealkylation sites (tertiary alicyclic amines) is 1. The first-order valence-electron chi connectivity index (χ1n) is 9.17. The lowest BCUT2D eigenvalue weighted by Gasteiger charge is -2.32. The second-order valence-electron chi connectivity index (χ2n) is 7.08. The molecule has 1 saturated heterocycles. The number of hydrogen-bond donors (Lipinski definition) is 1. The van der Waals surface area contributed by atoms with Crippen LogP contribution in [0.5, 0.6) is 0 Å². The van der Waals surface area contributed by atoms with E-state index in [1.165, 1.54) is 12.1 Å². The van der Waals surface area contributed by atoms with E-state index in [2.05, 4.69) is 0 Å². The number of rotatable bonds is 2. The van der Waals surface area contributed by atoms with E-state index in [0.29, 0.717) is 30.6 Å². The Kier molecular flexibility index (Phi) is 4.40. The molecule has 0 bridgehead atoms. The Bertz CT molecular complexity index is 870. The molecular formula is C19H23FN4O2. The lowest BCUT2D eigenvalue weighted by Crippen LogP contribution is -2.45. The first-order chi connectivity index (χ1) is 12.6. The molecule has 2 aliphatic rings. The predicted octanol–water partition coefficient (Wildman–Crippen LogP) is 2.34. The van der Waals surface area contributed by atoms with Crippen LogP contribution in [0.25, 0.3) is 10.9 Å². The normalized spacial score (nSPS) is 17.5. The summed E-state index contributed by atoms with van der Waals surface area (Å²) in [5.74, 6) is -0.601. The van der Waals surface area contributed by atoms with Gasteiger partial charge in [-0.2, -0.15) is 0 Å². The molecular weight excluding hydrogens is 335 g/mol. The molecule has 1 fully saturated rings. The maximum Gasteiger partial charge on any atom is 0.320 e. The molecule has 138 valence electrons. The molecule has 0 aliphatic carbocycles. The number of ketones is 1. The molecule has 4 rings (SSSR count). The lowest BCUT2D eigenvalue weighted by molar-refractivity contribution is 0.100. The number of halogens is 1. The monoisotopic (exact) mass is 358 g/mol. The van der Waals surface area contributed by atoms with Crippen molar-refractivity contribution in [1.29, 1.82) is 0 Å². The van der Waals surface area contributed by atoms with E-state index in [1.54, 1.807) is 11.1 Å². The number of piperidine rings is 1. The lowest BCUT2D eigenvalue weighted by atomic mass is 10.1. The zero-order valence-corrected chi connectivity index (χ0v) is 14.7. The van der Waals surface area contributed by atoms with Gasteiger partial charge >= 0.3 is 6.03 Å². The molecule has 1 aromatic heterocycles. The van der Waals surface area contributed by atoms with Crippen LogP contribution in [0.1, 0.15) is 35.2 Å². The third kappa shape index (κ3) is 2.86. The van der Waals surface area contributed by atoms with Crippen LogP contribution in [0.15, 0.2) is 18.3 Å². The quantitative estimate of drug-likeness (QED) is 0.838. The van der Waals surface area contributed by atoms with E-state index < -0.39 is 5.82 Å². The number of aromatic nitrogens is 1. The van der Waals surface area contributed by atoms with Crippen molar-refractivity contribution in [3.63, 3.8) is 0 Å². The standard InChI is InChI=1S/C19H23FN4O2/c20-14-8-13-11-24(19(26)22-4-2-1-3-5-22)7-6-23-12-16(17(25)10-21)15(9-14)18(13)23/h8-9,12H,1-7,10-11,21H2. The molecule has 6 nitrogen and oxygen atoms in total. The maximum absolute atomic E-state index is 14.2. The summed E-state index contributed by atoms with van der Waals surface area (Å²) in [5, 5.41) is 0.586. The second kappa shape index (κ2) is 6.72. The summed E-state index contributed by atoms with van der Waals surface area (Å²) in [4.78, 5) is 28.7. The number of hydrogen-bond acceptors (Lipinski definition) is 3. The summed E-state index contributed by atoms with van der Waals surface area (Å²) in [6.07, 6.45) is 4.98. The second-order valence-corrected chi connectivity index (χ2v) is 7.08. The number of benzene rings is 1. The third-order valence-corrected chi connectivity index (χ3v) is 5.37. The van der Waals surface area contributed by atoms with Crippen molar-refractivity contribution >= 4 is 22.7 Å². The highest BCUT2D eigenvalue weighted by atomic mass is 19.1. The van der Waals surface area contributed by atoms with Crippen LogP contribution in [0.4, 0.5) is 9.18 Å². The van der Waals surface area contributed by atoms with Crippen LogP contribution < -0.4 is 5.73 Å². The van der Waals surface area contributed by atoms with E-state index in [-0.39, 0.29) is 18.4 Å². The molecule has 0 spiro atoms. The molecule has 0 saturated carbocycles. The summed E-state index contributed by atoms with van der Waals surface area (Å²) >= 11 is 0. The topological polar surface area (TPSA) is 71.6 Å². The largest absolute Gasteiger partial charge is 0.345 e. The van der Waals surface area contributed by atoms with Crippen molar-refractivity contribution < 1.29 is 14.0 Å². The van der Waals surface area contributed by atoms with Gasteiger partial charge in [-0.3, -0.25) is 4.79 Å². The highest BCUT2D eigenvalue weighted by molar-refractivity contribution is 6.09. The summed E-state index contributed by atoms with van der Waals surface area (Å²) < 4.78 is 16.2. The molecule has 0 radical (unpaired) electrons. The minimum atomic E-state index is -0.399. The first kappa shape index (κ1) is 17.0. The predicted molar refractivity (Wildman–Crippen MR) is 96.5 cm³/mol. The Morgan fingerprint density at radius 2 is 1.81 bits per heavy atom. The van der Waals surface area contributed by atoms with Gasteiger partial charge in [0, 0.05) is 49.9 Å². The summed E-state index contributed by atoms with van der Waals surface area (Å²) in [5.41, 5.74) is 7.53. The van der Waals surface area contributed by atoms with E-state index in [9.17, 15) is 14.0 Å². The number of carbonyl (C=O) groups is 2. The number of Topliss-reactive ketones (excluding diaryl/α,β-unsaturated/α-hetero) is 1. The summed E-state index contributed by atoms with van der Waals surface area (Å²) in [6.45, 7) is 2.93. The van der Waals surface area contributed by atoms with Crippen LogP contribution in [0.3, 0.4) is 0 Å². The molecule has 0 atom stereocenters. The van der Waals surface area contributed by atoms with E-state index in [1.807, 2.05) is 9.47 Å². The number of nitrogens with two attached hydrogens (primary N) is 1. The van der Waals surface area contributed by atoms with Gasteiger partial charge < -0.3 is 20.1 Å². The zero-order chi connectivity index (χ0) is 18.3. The molecule has 2 aliphatic heterocycles. The van der Waals surface area contributed by atoms with Crippen molar-refractivity contribution in [2.75, 3.05) is 26.2 Å². The van der Waals surface area contributed by atoms with E-state index in [4.69, 9.17) is 5.73 Å². The molecule has 26 heavy (non-hydrogen) atoms. The Balaban J connectivity index is 1.71. The summed E-state index contributed by atoms with van der Waals surface area (Å²) in [7, 11) is 0. The van der Waals surface area contributed by atoms with Gasteiger partial charge in [-0.1, -0.05) is 0 Å². The Morgan fingerprint density at radius 3 is 2.54 bits per heavy atom. The smallest absolute Gasteiger partial charge is 0.320 e. The number of carbonyl (C=O) groups excluding carboxylic acids is 2. The van der Waals surface area contributed by atoms with Crippen LogP contribution in [-0.4, -0.2) is 52.4 Å². The number of urea groups is 1. The molecule has 1 aromatic carbocycles. The van der Waals surface area contributed by atoms with Crippen molar-refractivity contribution in [2.45, 2.75) is 32.4 Å². The van der Waals surface area contributed by atoms with Crippen molar-refractivity contribution in [2.24, 2.45) is 5.73 Å². The van der Waals surface area contributed by atoms with Crippen LogP contribution >= 0.6 is 0 Å². The molecule has 2 N–H and O–H groups in total. The van der Waals surface area contributed by atoms with Crippen molar-refractivity contribution in [3.05, 3.63) is 35.3 Å². The Morgan fingerprint density at radius 1 is 1.04 bits per heavy atom. The van der Waals surface area contributed by atoms with E-state index >= 15 is 0 Å². The van der Waals surface area contributed by atoms with Crippen molar-refractivity contribution in [1.82, 2.24) is 14.4 Å². The Hall–Kier alpha value is -2.41. The maximum atomic E-state index is 14.2. The Labute approximate surface area is 151 Å². The average molecular weight is 358 g/mol. The van der Waals surface area contributed by atoms with Gasteiger partial charge in [0.15, 0.2) is 5.78 Å². The minimum Gasteiger partial charge on any atom is -0.345 e. The highest BCUT2D eigenvalue weighted by Gasteiger charge is 2.27. The SMILES string of the molecule is NCC(=O)c1cn2c3c(cc(F)cc13)CN(C(=O)N1CCCCC1)CC2. The zero-order valence-electron chi connectivity index (χ0n) is 14.7. The van der Waals surface area contributed by atoms with Crippen LogP contribution in [-0.2, 0) is 13.1 Å².